The zero-order chi connectivity index (χ0) is 13.6. The van der Waals surface area contributed by atoms with Crippen molar-refractivity contribution in [1.82, 2.24) is 9.88 Å². The molecule has 1 aliphatic carbocycles. The second-order valence-electron chi connectivity index (χ2n) is 4.98. The number of hydrogen-bond donors (Lipinski definition) is 0. The molecule has 1 fully saturated rings. The van der Waals surface area contributed by atoms with E-state index >= 15 is 0 Å². The van der Waals surface area contributed by atoms with Gasteiger partial charge in [-0.05, 0) is 24.5 Å². The van der Waals surface area contributed by atoms with Gasteiger partial charge >= 0.3 is 0 Å². The van der Waals surface area contributed by atoms with Crippen LogP contribution in [0.1, 0.15) is 24.1 Å². The summed E-state index contributed by atoms with van der Waals surface area (Å²) in [5.41, 5.74) is 1.63. The number of aromatic nitrogens is 1. The summed E-state index contributed by atoms with van der Waals surface area (Å²) < 4.78 is 22.5. The maximum atomic E-state index is 12.0. The van der Waals surface area contributed by atoms with E-state index in [1.807, 2.05) is 4.90 Å². The molecule has 0 radical (unpaired) electrons. The van der Waals surface area contributed by atoms with Gasteiger partial charge in [0.1, 0.15) is 0 Å². The molecule has 1 aromatic rings. The number of fused-ring (bicyclic) bond motifs is 1. The molecule has 1 aromatic heterocycles. The van der Waals surface area contributed by atoms with Crippen LogP contribution in [-0.2, 0) is 26.8 Å². The normalized spacial score (nSPS) is 19.1. The monoisotopic (exact) mass is 300 g/mol. The van der Waals surface area contributed by atoms with Crippen LogP contribution in [0.25, 0.3) is 0 Å². The molecule has 0 saturated heterocycles. The van der Waals surface area contributed by atoms with Crippen LogP contribution in [0.2, 0.25) is 0 Å². The molecule has 1 saturated carbocycles. The molecular formula is C12H13ClN2O3S. The summed E-state index contributed by atoms with van der Waals surface area (Å²) in [7, 11) is 1.49. The Morgan fingerprint density at radius 3 is 2.74 bits per heavy atom. The van der Waals surface area contributed by atoms with Crippen LogP contribution in [0.15, 0.2) is 17.2 Å². The first-order valence-electron chi connectivity index (χ1n) is 6.17. The van der Waals surface area contributed by atoms with Crippen molar-refractivity contribution in [2.24, 2.45) is 5.92 Å². The van der Waals surface area contributed by atoms with Crippen molar-refractivity contribution in [2.45, 2.75) is 30.8 Å². The molecular weight excluding hydrogens is 288 g/mol. The van der Waals surface area contributed by atoms with Crippen LogP contribution >= 0.6 is 10.7 Å². The van der Waals surface area contributed by atoms with E-state index in [1.54, 1.807) is 6.07 Å². The van der Waals surface area contributed by atoms with Gasteiger partial charge in [0.2, 0.25) is 5.91 Å². The standard InChI is InChI=1S/C12H13ClN2O3S/c13-19(17,18)11-4-3-9-7-15(6-5-10(9)14-11)12(16)8-1-2-8/h3-4,8H,1-2,5-7H2. The Morgan fingerprint density at radius 1 is 1.37 bits per heavy atom. The molecule has 5 nitrogen and oxygen atoms in total. The lowest BCUT2D eigenvalue weighted by atomic mass is 10.1. The zero-order valence-electron chi connectivity index (χ0n) is 10.2. The summed E-state index contributed by atoms with van der Waals surface area (Å²) in [5, 5.41) is -0.116. The molecule has 2 heterocycles. The molecule has 19 heavy (non-hydrogen) atoms. The third-order valence-corrected chi connectivity index (χ3v) is 4.71. The summed E-state index contributed by atoms with van der Waals surface area (Å²) in [6, 6.07) is 3.09. The smallest absolute Gasteiger partial charge is 0.278 e. The number of rotatable bonds is 2. The van der Waals surface area contributed by atoms with Crippen LogP contribution in [0.3, 0.4) is 0 Å². The Kier molecular flexibility index (Phi) is 3.02. The molecule has 1 aliphatic heterocycles. The Morgan fingerprint density at radius 2 is 2.11 bits per heavy atom. The highest BCUT2D eigenvalue weighted by Crippen LogP contribution is 2.32. The summed E-state index contributed by atoms with van der Waals surface area (Å²) in [5.74, 6) is 0.414. The second-order valence-corrected chi connectivity index (χ2v) is 7.49. The molecule has 0 bridgehead atoms. The van der Waals surface area contributed by atoms with Crippen molar-refractivity contribution in [3.63, 3.8) is 0 Å². The predicted octanol–water partition coefficient (Wildman–Crippen LogP) is 1.30. The summed E-state index contributed by atoms with van der Waals surface area (Å²) in [4.78, 5) is 17.9. The van der Waals surface area contributed by atoms with E-state index in [1.165, 1.54) is 6.07 Å². The first-order valence-corrected chi connectivity index (χ1v) is 8.48. The molecule has 2 aliphatic rings. The fraction of sp³-hybridized carbons (Fsp3) is 0.500. The first kappa shape index (κ1) is 12.9. The van der Waals surface area contributed by atoms with Gasteiger partial charge in [0, 0.05) is 41.8 Å². The van der Waals surface area contributed by atoms with Gasteiger partial charge in [-0.2, -0.15) is 0 Å². The number of pyridine rings is 1. The zero-order valence-corrected chi connectivity index (χ0v) is 11.7. The van der Waals surface area contributed by atoms with Crippen LogP contribution in [-0.4, -0.2) is 30.8 Å². The highest BCUT2D eigenvalue weighted by molar-refractivity contribution is 8.13. The van der Waals surface area contributed by atoms with Crippen molar-refractivity contribution >= 4 is 25.6 Å². The summed E-state index contributed by atoms with van der Waals surface area (Å²) in [6.45, 7) is 1.11. The predicted molar refractivity (Wildman–Crippen MR) is 69.1 cm³/mol. The average Bonchev–Trinajstić information content (AvgIpc) is 3.20. The van der Waals surface area contributed by atoms with Crippen molar-refractivity contribution < 1.29 is 13.2 Å². The fourth-order valence-electron chi connectivity index (χ4n) is 2.31. The van der Waals surface area contributed by atoms with E-state index in [-0.39, 0.29) is 16.9 Å². The minimum atomic E-state index is -3.79. The SMILES string of the molecule is O=C(C1CC1)N1CCc2nc(S(=O)(=O)Cl)ccc2C1. The molecule has 7 heteroatoms. The average molecular weight is 301 g/mol. The van der Waals surface area contributed by atoms with E-state index in [0.29, 0.717) is 19.5 Å². The highest BCUT2D eigenvalue weighted by Gasteiger charge is 2.34. The van der Waals surface area contributed by atoms with Gasteiger partial charge in [0.15, 0.2) is 5.03 Å². The molecule has 3 rings (SSSR count). The molecule has 0 unspecified atom stereocenters. The fourth-order valence-corrected chi connectivity index (χ4v) is 3.02. The van der Waals surface area contributed by atoms with E-state index in [2.05, 4.69) is 4.98 Å². The van der Waals surface area contributed by atoms with E-state index in [9.17, 15) is 13.2 Å². The van der Waals surface area contributed by atoms with Crippen LogP contribution in [0.5, 0.6) is 0 Å². The molecule has 0 atom stereocenters. The first-order chi connectivity index (χ1) is 8.95. The number of carbonyl (C=O) groups excluding carboxylic acids is 1. The number of amides is 1. The Labute approximate surface area is 116 Å². The van der Waals surface area contributed by atoms with E-state index in [4.69, 9.17) is 10.7 Å². The van der Waals surface area contributed by atoms with Gasteiger partial charge in [-0.25, -0.2) is 13.4 Å². The largest absolute Gasteiger partial charge is 0.338 e. The molecule has 1 amide bonds. The van der Waals surface area contributed by atoms with Gasteiger partial charge in [0.05, 0.1) is 0 Å². The van der Waals surface area contributed by atoms with Gasteiger partial charge in [-0.15, -0.1) is 0 Å². The number of hydrogen-bond acceptors (Lipinski definition) is 4. The maximum Gasteiger partial charge on any atom is 0.278 e. The van der Waals surface area contributed by atoms with E-state index < -0.39 is 9.05 Å². The lowest BCUT2D eigenvalue weighted by Crippen LogP contribution is -2.37. The summed E-state index contributed by atoms with van der Waals surface area (Å²) in [6.07, 6.45) is 2.56. The van der Waals surface area contributed by atoms with Gasteiger partial charge in [-0.1, -0.05) is 6.07 Å². The molecule has 0 N–H and O–H groups in total. The maximum absolute atomic E-state index is 12.0. The van der Waals surface area contributed by atoms with Crippen LogP contribution in [0, 0.1) is 5.92 Å². The number of halogens is 1. The van der Waals surface area contributed by atoms with Crippen molar-refractivity contribution in [2.75, 3.05) is 6.54 Å². The summed E-state index contributed by atoms with van der Waals surface area (Å²) >= 11 is 0. The topological polar surface area (TPSA) is 67.3 Å². The van der Waals surface area contributed by atoms with Crippen molar-refractivity contribution in [3.8, 4) is 0 Å². The molecule has 0 spiro atoms. The van der Waals surface area contributed by atoms with Crippen LogP contribution in [0.4, 0.5) is 0 Å². The van der Waals surface area contributed by atoms with E-state index in [0.717, 1.165) is 24.1 Å². The van der Waals surface area contributed by atoms with Crippen LogP contribution < -0.4 is 0 Å². The highest BCUT2D eigenvalue weighted by atomic mass is 35.7. The van der Waals surface area contributed by atoms with Gasteiger partial charge < -0.3 is 4.90 Å². The molecule has 102 valence electrons. The lowest BCUT2D eigenvalue weighted by molar-refractivity contribution is -0.133. The van der Waals surface area contributed by atoms with Crippen molar-refractivity contribution in [3.05, 3.63) is 23.4 Å². The Hall–Kier alpha value is -1.14. The lowest BCUT2D eigenvalue weighted by Gasteiger charge is -2.28. The number of carbonyl (C=O) groups is 1. The molecule has 0 aromatic carbocycles. The Bertz CT molecular complexity index is 640. The van der Waals surface area contributed by atoms with Gasteiger partial charge in [0.25, 0.3) is 9.05 Å². The third-order valence-electron chi connectivity index (χ3n) is 3.51. The Balaban J connectivity index is 1.84. The quantitative estimate of drug-likeness (QED) is 0.772. The minimum Gasteiger partial charge on any atom is -0.338 e. The second kappa shape index (κ2) is 4.45. The van der Waals surface area contributed by atoms with Crippen molar-refractivity contribution in [1.29, 1.82) is 0 Å². The van der Waals surface area contributed by atoms with Gasteiger partial charge in [-0.3, -0.25) is 4.79 Å². The third kappa shape index (κ3) is 2.60. The minimum absolute atomic E-state index is 0.116. The number of nitrogens with zero attached hydrogens (tertiary/aromatic N) is 2.